The predicted octanol–water partition coefficient (Wildman–Crippen LogP) is 2.89. The van der Waals surface area contributed by atoms with Gasteiger partial charge in [-0.2, -0.15) is 0 Å². The van der Waals surface area contributed by atoms with Crippen molar-refractivity contribution in [3.05, 3.63) is 65.7 Å². The summed E-state index contributed by atoms with van der Waals surface area (Å²) in [5.41, 5.74) is 4.11. The van der Waals surface area contributed by atoms with E-state index in [9.17, 15) is 0 Å². The minimum absolute atomic E-state index is 0.636. The number of hydrogen-bond acceptors (Lipinski definition) is 3. The van der Waals surface area contributed by atoms with E-state index in [0.717, 1.165) is 23.5 Å². The van der Waals surface area contributed by atoms with Crippen LogP contribution in [0.1, 0.15) is 11.1 Å². The molecule has 3 nitrogen and oxygen atoms in total. The normalized spacial score (nSPS) is 16.7. The molecule has 1 N–H and O–H groups in total. The number of benzene rings is 2. The molecule has 2 aromatic rings. The van der Waals surface area contributed by atoms with E-state index >= 15 is 0 Å². The molecule has 0 spiro atoms. The van der Waals surface area contributed by atoms with Crippen LogP contribution in [-0.4, -0.2) is 17.5 Å². The fourth-order valence-corrected chi connectivity index (χ4v) is 2.37. The van der Waals surface area contributed by atoms with Gasteiger partial charge in [0.2, 0.25) is 0 Å². The molecule has 0 unspecified atom stereocenters. The molecule has 0 radical (unpaired) electrons. The molecule has 0 amide bonds. The molecular formula is C15H14N2O. The van der Waals surface area contributed by atoms with Gasteiger partial charge >= 0.3 is 0 Å². The van der Waals surface area contributed by atoms with Crippen molar-refractivity contribution in [1.82, 2.24) is 0 Å². The lowest BCUT2D eigenvalue weighted by atomic mass is 9.98. The third kappa shape index (κ3) is 1.84. The lowest BCUT2D eigenvalue weighted by Crippen LogP contribution is -2.35. The van der Waals surface area contributed by atoms with Crippen LogP contribution in [0.25, 0.3) is 0 Å². The number of para-hydroxylation sites is 1. The van der Waals surface area contributed by atoms with Gasteiger partial charge in [-0.25, -0.2) is 0 Å². The van der Waals surface area contributed by atoms with Crippen molar-refractivity contribution in [2.75, 3.05) is 11.4 Å². The second kappa shape index (κ2) is 4.53. The quantitative estimate of drug-likeness (QED) is 0.612. The van der Waals surface area contributed by atoms with Crippen molar-refractivity contribution in [1.29, 1.82) is 0 Å². The lowest BCUT2D eigenvalue weighted by molar-refractivity contribution is 0.318. The van der Waals surface area contributed by atoms with Crippen LogP contribution in [0.15, 0.2) is 59.8 Å². The van der Waals surface area contributed by atoms with Gasteiger partial charge in [-0.15, -0.1) is 0 Å². The highest BCUT2D eigenvalue weighted by molar-refractivity contribution is 6.05. The Balaban J connectivity index is 2.00. The first-order chi connectivity index (χ1) is 8.88. The molecule has 0 aliphatic carbocycles. The van der Waals surface area contributed by atoms with Gasteiger partial charge in [0.05, 0.1) is 6.54 Å². The molecular weight excluding hydrogens is 224 g/mol. The Hall–Kier alpha value is -2.29. The van der Waals surface area contributed by atoms with E-state index in [4.69, 9.17) is 5.21 Å². The molecule has 0 atom stereocenters. The minimum Gasteiger partial charge on any atom is -0.411 e. The number of hydrogen-bond donors (Lipinski definition) is 1. The summed E-state index contributed by atoms with van der Waals surface area (Å²) in [6.45, 7) is 1.48. The van der Waals surface area contributed by atoms with Gasteiger partial charge in [-0.05, 0) is 17.7 Å². The molecule has 0 fully saturated rings. The van der Waals surface area contributed by atoms with Crippen molar-refractivity contribution >= 4 is 11.4 Å². The van der Waals surface area contributed by atoms with E-state index in [2.05, 4.69) is 28.3 Å². The summed E-state index contributed by atoms with van der Waals surface area (Å²) in [7, 11) is 0. The smallest absolute Gasteiger partial charge is 0.106 e. The van der Waals surface area contributed by atoms with E-state index in [-0.39, 0.29) is 0 Å². The van der Waals surface area contributed by atoms with Gasteiger partial charge in [-0.1, -0.05) is 47.6 Å². The lowest BCUT2D eigenvalue weighted by Gasteiger charge is -2.31. The van der Waals surface area contributed by atoms with Crippen LogP contribution in [0.4, 0.5) is 5.69 Å². The summed E-state index contributed by atoms with van der Waals surface area (Å²) >= 11 is 0. The highest BCUT2D eigenvalue weighted by atomic mass is 16.4. The molecule has 3 rings (SSSR count). The van der Waals surface area contributed by atoms with Crippen molar-refractivity contribution in [2.45, 2.75) is 6.54 Å². The first-order valence-electron chi connectivity index (χ1n) is 5.97. The summed E-state index contributed by atoms with van der Waals surface area (Å²) in [5.74, 6) is 0. The van der Waals surface area contributed by atoms with E-state index in [1.54, 1.807) is 0 Å². The summed E-state index contributed by atoms with van der Waals surface area (Å²) in [5, 5.41) is 12.6. The van der Waals surface area contributed by atoms with Crippen molar-refractivity contribution in [2.24, 2.45) is 5.16 Å². The van der Waals surface area contributed by atoms with Gasteiger partial charge < -0.3 is 10.1 Å². The molecule has 1 aliphatic rings. The average Bonchev–Trinajstić information content (AvgIpc) is 2.47. The zero-order chi connectivity index (χ0) is 12.4. The zero-order valence-corrected chi connectivity index (χ0v) is 9.95. The molecule has 3 heteroatoms. The van der Waals surface area contributed by atoms with Crippen LogP contribution in [0.2, 0.25) is 0 Å². The van der Waals surface area contributed by atoms with Crippen molar-refractivity contribution in [3.8, 4) is 0 Å². The second-order valence-corrected chi connectivity index (χ2v) is 4.40. The van der Waals surface area contributed by atoms with Crippen molar-refractivity contribution in [3.63, 3.8) is 0 Å². The molecule has 0 saturated carbocycles. The van der Waals surface area contributed by atoms with E-state index in [1.165, 1.54) is 5.56 Å². The fraction of sp³-hybridized carbons (Fsp3) is 0.133. The molecule has 0 bridgehead atoms. The molecule has 0 aromatic heterocycles. The maximum absolute atomic E-state index is 9.16. The van der Waals surface area contributed by atoms with Gasteiger partial charge in [0, 0.05) is 17.8 Å². The molecule has 1 heterocycles. The van der Waals surface area contributed by atoms with Gasteiger partial charge in [-0.3, -0.25) is 0 Å². The maximum atomic E-state index is 9.16. The van der Waals surface area contributed by atoms with Crippen LogP contribution in [0.3, 0.4) is 0 Å². The highest BCUT2D eigenvalue weighted by Gasteiger charge is 2.21. The van der Waals surface area contributed by atoms with Gasteiger partial charge in [0.15, 0.2) is 0 Å². The number of rotatable bonds is 1. The van der Waals surface area contributed by atoms with Crippen LogP contribution >= 0.6 is 0 Å². The Morgan fingerprint density at radius 3 is 2.39 bits per heavy atom. The first kappa shape index (κ1) is 10.8. The molecule has 2 aromatic carbocycles. The Bertz CT molecular complexity index is 578. The largest absolute Gasteiger partial charge is 0.411 e. The fourth-order valence-electron chi connectivity index (χ4n) is 2.37. The Morgan fingerprint density at radius 1 is 0.889 bits per heavy atom. The first-order valence-corrected chi connectivity index (χ1v) is 5.97. The SMILES string of the molecule is O/N=C1/CN(c2ccccc2)Cc2ccccc21. The predicted molar refractivity (Wildman–Crippen MR) is 72.3 cm³/mol. The maximum Gasteiger partial charge on any atom is 0.106 e. The summed E-state index contributed by atoms with van der Waals surface area (Å²) in [6.07, 6.45) is 0. The standard InChI is InChI=1S/C15H14N2O/c18-16-15-11-17(13-7-2-1-3-8-13)10-12-6-4-5-9-14(12)15/h1-9,18H,10-11H2/b16-15-. The molecule has 18 heavy (non-hydrogen) atoms. The zero-order valence-electron chi connectivity index (χ0n) is 9.95. The number of oxime groups is 1. The summed E-state index contributed by atoms with van der Waals surface area (Å²) in [4.78, 5) is 2.21. The topological polar surface area (TPSA) is 35.8 Å². The average molecular weight is 238 g/mol. The van der Waals surface area contributed by atoms with Crippen molar-refractivity contribution < 1.29 is 5.21 Å². The number of anilines is 1. The monoisotopic (exact) mass is 238 g/mol. The third-order valence-corrected chi connectivity index (χ3v) is 3.27. The van der Waals surface area contributed by atoms with Crippen LogP contribution < -0.4 is 4.90 Å². The highest BCUT2D eigenvalue weighted by Crippen LogP contribution is 2.24. The van der Waals surface area contributed by atoms with Crippen LogP contribution in [0.5, 0.6) is 0 Å². The van der Waals surface area contributed by atoms with E-state index in [1.807, 2.05) is 36.4 Å². The number of nitrogens with zero attached hydrogens (tertiary/aromatic N) is 2. The third-order valence-electron chi connectivity index (χ3n) is 3.27. The molecule has 0 saturated heterocycles. The van der Waals surface area contributed by atoms with Crippen LogP contribution in [-0.2, 0) is 6.54 Å². The summed E-state index contributed by atoms with van der Waals surface area (Å²) < 4.78 is 0. The van der Waals surface area contributed by atoms with Crippen LogP contribution in [0, 0.1) is 0 Å². The van der Waals surface area contributed by atoms with E-state index in [0.29, 0.717) is 6.54 Å². The Labute approximate surface area is 106 Å². The van der Waals surface area contributed by atoms with Gasteiger partial charge in [0.25, 0.3) is 0 Å². The Morgan fingerprint density at radius 2 is 1.61 bits per heavy atom. The molecule has 1 aliphatic heterocycles. The van der Waals surface area contributed by atoms with E-state index < -0.39 is 0 Å². The number of fused-ring (bicyclic) bond motifs is 1. The minimum atomic E-state index is 0.636. The molecule has 90 valence electrons. The Kier molecular flexibility index (Phi) is 2.73. The van der Waals surface area contributed by atoms with Gasteiger partial charge in [0.1, 0.15) is 5.71 Å². The second-order valence-electron chi connectivity index (χ2n) is 4.40. The summed E-state index contributed by atoms with van der Waals surface area (Å²) in [6, 6.07) is 18.3.